The molecule has 26 heavy (non-hydrogen) atoms. The van der Waals surface area contributed by atoms with Gasteiger partial charge in [-0.1, -0.05) is 30.3 Å². The first-order valence-electron chi connectivity index (χ1n) is 8.27. The molecule has 1 aromatic heterocycles. The molecule has 0 spiro atoms. The number of carboxylic acid groups (broad SMARTS) is 1. The second-order valence-electron chi connectivity index (χ2n) is 5.70. The lowest BCUT2D eigenvalue weighted by Crippen LogP contribution is -2.37. The summed E-state index contributed by atoms with van der Waals surface area (Å²) in [7, 11) is -3.91. The van der Waals surface area contributed by atoms with Gasteiger partial charge in [0.2, 0.25) is 10.0 Å². The number of hydrogen-bond acceptors (Lipinski definition) is 5. The number of hydrogen-bond donors (Lipinski definition) is 2. The van der Waals surface area contributed by atoms with Crippen LogP contribution in [-0.4, -0.2) is 37.1 Å². The lowest BCUT2D eigenvalue weighted by Gasteiger charge is -2.19. The maximum absolute atomic E-state index is 12.8. The summed E-state index contributed by atoms with van der Waals surface area (Å²) in [4.78, 5) is 14.7. The van der Waals surface area contributed by atoms with Crippen molar-refractivity contribution in [3.63, 3.8) is 0 Å². The van der Waals surface area contributed by atoms with Gasteiger partial charge in [-0.25, -0.2) is 13.1 Å². The number of ether oxygens (including phenoxy) is 1. The molecule has 140 valence electrons. The third-order valence-electron chi connectivity index (χ3n) is 3.69. The van der Waals surface area contributed by atoms with Gasteiger partial charge in [0, 0.05) is 18.7 Å². The van der Waals surface area contributed by atoms with Gasteiger partial charge < -0.3 is 9.84 Å². The molecule has 0 saturated carbocycles. The molecule has 8 heteroatoms. The van der Waals surface area contributed by atoms with Crippen LogP contribution < -0.4 is 9.46 Å². The van der Waals surface area contributed by atoms with E-state index in [4.69, 9.17) is 9.84 Å². The van der Waals surface area contributed by atoms with Crippen molar-refractivity contribution in [1.82, 2.24) is 9.71 Å². The molecular formula is C18H22N2O5S. The summed E-state index contributed by atoms with van der Waals surface area (Å²) in [6, 6.07) is 10.2. The Balaban J connectivity index is 2.23. The molecular weight excluding hydrogens is 356 g/mol. The van der Waals surface area contributed by atoms with Gasteiger partial charge in [-0.15, -0.1) is 0 Å². The fourth-order valence-electron chi connectivity index (χ4n) is 2.53. The van der Waals surface area contributed by atoms with Crippen molar-refractivity contribution in [2.24, 2.45) is 0 Å². The van der Waals surface area contributed by atoms with Crippen LogP contribution in [0.2, 0.25) is 0 Å². The molecule has 0 saturated heterocycles. The van der Waals surface area contributed by atoms with Crippen LogP contribution in [0.15, 0.2) is 53.7 Å². The summed E-state index contributed by atoms with van der Waals surface area (Å²) < 4.78 is 33.6. The van der Waals surface area contributed by atoms with E-state index < -0.39 is 22.0 Å². The second-order valence-corrected chi connectivity index (χ2v) is 7.38. The van der Waals surface area contributed by atoms with Crippen LogP contribution >= 0.6 is 0 Å². The number of pyridine rings is 1. The SMILES string of the molecule is CCOc1ccncc1S(=O)(=O)NC(CCC(=O)O)Cc1ccccc1. The fourth-order valence-corrected chi connectivity index (χ4v) is 3.88. The third kappa shape index (κ3) is 5.82. The Hall–Kier alpha value is -2.45. The summed E-state index contributed by atoms with van der Waals surface area (Å²) in [5.41, 5.74) is 0.918. The minimum Gasteiger partial charge on any atom is -0.492 e. The normalized spacial score (nSPS) is 12.5. The molecule has 0 radical (unpaired) electrons. The highest BCUT2D eigenvalue weighted by molar-refractivity contribution is 7.89. The monoisotopic (exact) mass is 378 g/mol. The Kier molecular flexibility index (Phi) is 7.11. The average Bonchev–Trinajstić information content (AvgIpc) is 2.61. The van der Waals surface area contributed by atoms with Gasteiger partial charge in [-0.05, 0) is 31.4 Å². The van der Waals surface area contributed by atoms with Crippen LogP contribution in [0.25, 0.3) is 0 Å². The van der Waals surface area contributed by atoms with E-state index in [0.29, 0.717) is 13.0 Å². The standard InChI is InChI=1S/C18H22N2O5S/c1-2-25-16-10-11-19-13-17(16)26(23,24)20-15(8-9-18(21)22)12-14-6-4-3-5-7-14/h3-7,10-11,13,15,20H,2,8-9,12H2,1H3,(H,21,22). The molecule has 0 fully saturated rings. The number of sulfonamides is 1. The Bertz CT molecular complexity index is 824. The number of aromatic nitrogens is 1. The Morgan fingerprint density at radius 3 is 2.65 bits per heavy atom. The topological polar surface area (TPSA) is 106 Å². The quantitative estimate of drug-likeness (QED) is 0.657. The highest BCUT2D eigenvalue weighted by atomic mass is 32.2. The van der Waals surface area contributed by atoms with Crippen molar-refractivity contribution < 1.29 is 23.1 Å². The Morgan fingerprint density at radius 1 is 1.27 bits per heavy atom. The Labute approximate surface area is 153 Å². The predicted molar refractivity (Wildman–Crippen MR) is 96.5 cm³/mol. The molecule has 0 aliphatic carbocycles. The third-order valence-corrected chi connectivity index (χ3v) is 5.22. The number of aliphatic carboxylic acids is 1. The first kappa shape index (κ1) is 19.9. The number of carboxylic acids is 1. The molecule has 0 bridgehead atoms. The number of nitrogens with one attached hydrogen (secondary N) is 1. The van der Waals surface area contributed by atoms with Gasteiger partial charge in [0.15, 0.2) is 0 Å². The summed E-state index contributed by atoms with van der Waals surface area (Å²) in [6.45, 7) is 2.08. The second kappa shape index (κ2) is 9.30. The molecule has 7 nitrogen and oxygen atoms in total. The largest absolute Gasteiger partial charge is 0.492 e. The van der Waals surface area contributed by atoms with E-state index in [-0.39, 0.29) is 23.5 Å². The van der Waals surface area contributed by atoms with E-state index >= 15 is 0 Å². The first-order chi connectivity index (χ1) is 12.4. The van der Waals surface area contributed by atoms with Crippen LogP contribution in [0.4, 0.5) is 0 Å². The predicted octanol–water partition coefficient (Wildman–Crippen LogP) is 2.23. The Morgan fingerprint density at radius 2 is 2.00 bits per heavy atom. The van der Waals surface area contributed by atoms with Gasteiger partial charge in [0.05, 0.1) is 12.8 Å². The molecule has 0 aliphatic heterocycles. The summed E-state index contributed by atoms with van der Waals surface area (Å²) >= 11 is 0. The maximum Gasteiger partial charge on any atom is 0.303 e. The zero-order valence-corrected chi connectivity index (χ0v) is 15.3. The van der Waals surface area contributed by atoms with Crippen molar-refractivity contribution in [1.29, 1.82) is 0 Å². The van der Waals surface area contributed by atoms with Crippen LogP contribution in [0.1, 0.15) is 25.3 Å². The minimum atomic E-state index is -3.91. The lowest BCUT2D eigenvalue weighted by molar-refractivity contribution is -0.137. The number of carbonyl (C=O) groups is 1. The van der Waals surface area contributed by atoms with Gasteiger partial charge in [0.1, 0.15) is 10.6 Å². The van der Waals surface area contributed by atoms with E-state index in [1.54, 1.807) is 6.92 Å². The van der Waals surface area contributed by atoms with Crippen molar-refractivity contribution in [3.05, 3.63) is 54.4 Å². The highest BCUT2D eigenvalue weighted by Gasteiger charge is 2.24. The van der Waals surface area contributed by atoms with E-state index in [2.05, 4.69) is 9.71 Å². The number of nitrogens with zero attached hydrogens (tertiary/aromatic N) is 1. The van der Waals surface area contributed by atoms with Gasteiger partial charge in [-0.3, -0.25) is 9.78 Å². The molecule has 1 unspecified atom stereocenters. The fraction of sp³-hybridized carbons (Fsp3) is 0.333. The molecule has 2 aromatic rings. The van der Waals surface area contributed by atoms with Crippen LogP contribution in [0.3, 0.4) is 0 Å². The molecule has 0 amide bonds. The molecule has 1 atom stereocenters. The summed E-state index contributed by atoms with van der Waals surface area (Å²) in [5, 5.41) is 8.95. The number of rotatable bonds is 10. The minimum absolute atomic E-state index is 0.0600. The molecule has 1 aromatic carbocycles. The van der Waals surface area contributed by atoms with Crippen molar-refractivity contribution >= 4 is 16.0 Å². The van der Waals surface area contributed by atoms with Crippen LogP contribution in [0.5, 0.6) is 5.75 Å². The molecule has 1 heterocycles. The molecule has 2 N–H and O–H groups in total. The first-order valence-corrected chi connectivity index (χ1v) is 9.75. The maximum atomic E-state index is 12.8. The zero-order valence-electron chi connectivity index (χ0n) is 14.5. The summed E-state index contributed by atoms with van der Waals surface area (Å²) in [5.74, 6) is -0.759. The summed E-state index contributed by atoms with van der Waals surface area (Å²) in [6.07, 6.45) is 3.11. The average molecular weight is 378 g/mol. The van der Waals surface area contributed by atoms with Crippen LogP contribution in [-0.2, 0) is 21.2 Å². The van der Waals surface area contributed by atoms with Gasteiger partial charge in [-0.2, -0.15) is 0 Å². The van der Waals surface area contributed by atoms with E-state index in [1.807, 2.05) is 30.3 Å². The smallest absolute Gasteiger partial charge is 0.303 e. The zero-order chi connectivity index (χ0) is 19.0. The van der Waals surface area contributed by atoms with Crippen molar-refractivity contribution in [2.45, 2.75) is 37.1 Å². The number of benzene rings is 1. The molecule has 0 aliphatic rings. The van der Waals surface area contributed by atoms with E-state index in [1.165, 1.54) is 18.5 Å². The van der Waals surface area contributed by atoms with E-state index in [0.717, 1.165) is 5.56 Å². The van der Waals surface area contributed by atoms with Gasteiger partial charge in [0.25, 0.3) is 0 Å². The van der Waals surface area contributed by atoms with Crippen molar-refractivity contribution in [3.8, 4) is 5.75 Å². The highest BCUT2D eigenvalue weighted by Crippen LogP contribution is 2.23. The van der Waals surface area contributed by atoms with Crippen LogP contribution in [0, 0.1) is 0 Å². The van der Waals surface area contributed by atoms with Crippen molar-refractivity contribution in [2.75, 3.05) is 6.61 Å². The molecule has 2 rings (SSSR count). The lowest BCUT2D eigenvalue weighted by atomic mass is 10.0. The van der Waals surface area contributed by atoms with E-state index in [9.17, 15) is 13.2 Å². The van der Waals surface area contributed by atoms with Gasteiger partial charge >= 0.3 is 5.97 Å².